The fraction of sp³-hybridized carbons (Fsp3) is 0.556. The molecule has 1 atom stereocenters. The van der Waals surface area contributed by atoms with Gasteiger partial charge in [0.15, 0.2) is 0 Å². The van der Waals surface area contributed by atoms with Crippen LogP contribution in [0.1, 0.15) is 64.4 Å². The quantitative estimate of drug-likeness (QED) is 0.508. The van der Waals surface area contributed by atoms with Crippen LogP contribution in [0.3, 0.4) is 0 Å². The average molecular weight is 321 g/mol. The highest BCUT2D eigenvalue weighted by Gasteiger charge is 2.37. The summed E-state index contributed by atoms with van der Waals surface area (Å²) in [7, 11) is 0. The van der Waals surface area contributed by atoms with Crippen LogP contribution in [-0.2, 0) is 5.60 Å². The highest BCUT2D eigenvalue weighted by molar-refractivity contribution is 7.20. The van der Waals surface area contributed by atoms with Crippen molar-refractivity contribution in [2.75, 3.05) is 0 Å². The summed E-state index contributed by atoms with van der Waals surface area (Å²) in [5, 5.41) is 4.35. The molecule has 1 aliphatic rings. The number of rotatable bonds is 7. The monoisotopic (exact) mass is 320 g/mol. The Morgan fingerprint density at radius 3 is 2.52 bits per heavy atom. The normalized spacial score (nSPS) is 19.9. The van der Waals surface area contributed by atoms with E-state index in [0.717, 1.165) is 12.2 Å². The Hall–Kier alpha value is -0.800. The Bertz CT molecular complexity index is 584. The van der Waals surface area contributed by atoms with E-state index in [0.29, 0.717) is 0 Å². The second-order valence-electron chi connectivity index (χ2n) is 6.13. The van der Waals surface area contributed by atoms with Gasteiger partial charge in [0.25, 0.3) is 0 Å². The third-order valence-corrected chi connectivity index (χ3v) is 6.39. The van der Waals surface area contributed by atoms with Gasteiger partial charge < -0.3 is 4.74 Å². The van der Waals surface area contributed by atoms with E-state index in [9.17, 15) is 0 Å². The second kappa shape index (κ2) is 6.53. The van der Waals surface area contributed by atoms with Crippen LogP contribution < -0.4 is 4.74 Å². The maximum absolute atomic E-state index is 6.39. The summed E-state index contributed by atoms with van der Waals surface area (Å²) in [6, 6.07) is 4.39. The molecule has 0 saturated heterocycles. The van der Waals surface area contributed by atoms with Crippen molar-refractivity contribution < 1.29 is 4.74 Å². The SMILES string of the molecule is CCCCCCCCC1(C)Oc2ccsc2-c2sccc21. The maximum atomic E-state index is 6.39. The van der Waals surface area contributed by atoms with Crippen molar-refractivity contribution in [3.8, 4) is 15.5 Å². The molecule has 0 bridgehead atoms. The highest BCUT2D eigenvalue weighted by Crippen LogP contribution is 2.51. The van der Waals surface area contributed by atoms with Crippen LogP contribution in [0.5, 0.6) is 5.75 Å². The third-order valence-electron chi connectivity index (χ3n) is 4.41. The lowest BCUT2D eigenvalue weighted by Gasteiger charge is -2.35. The van der Waals surface area contributed by atoms with Crippen LogP contribution in [0, 0.1) is 0 Å². The molecule has 0 fully saturated rings. The van der Waals surface area contributed by atoms with Gasteiger partial charge in [-0.05, 0) is 42.7 Å². The molecule has 21 heavy (non-hydrogen) atoms. The average Bonchev–Trinajstić information content (AvgIpc) is 3.10. The molecule has 114 valence electrons. The Kier molecular flexibility index (Phi) is 4.70. The molecular weight excluding hydrogens is 296 g/mol. The molecule has 0 N–H and O–H groups in total. The molecule has 1 nitrogen and oxygen atoms in total. The van der Waals surface area contributed by atoms with Crippen molar-refractivity contribution >= 4 is 22.7 Å². The summed E-state index contributed by atoms with van der Waals surface area (Å²) in [6.45, 7) is 4.54. The predicted molar refractivity (Wildman–Crippen MR) is 93.6 cm³/mol. The molecule has 1 unspecified atom stereocenters. The third kappa shape index (κ3) is 3.04. The summed E-state index contributed by atoms with van der Waals surface area (Å²) in [5.41, 5.74) is 1.27. The summed E-state index contributed by atoms with van der Waals surface area (Å²) in [5.74, 6) is 1.09. The molecule has 0 radical (unpaired) electrons. The maximum Gasteiger partial charge on any atom is 0.140 e. The van der Waals surface area contributed by atoms with Gasteiger partial charge in [-0.1, -0.05) is 39.0 Å². The van der Waals surface area contributed by atoms with E-state index in [2.05, 4.69) is 36.7 Å². The van der Waals surface area contributed by atoms with E-state index >= 15 is 0 Å². The molecule has 0 aromatic carbocycles. The van der Waals surface area contributed by atoms with Gasteiger partial charge in [-0.25, -0.2) is 0 Å². The lowest BCUT2D eigenvalue weighted by molar-refractivity contribution is 0.0722. The van der Waals surface area contributed by atoms with Crippen molar-refractivity contribution in [2.24, 2.45) is 0 Å². The minimum atomic E-state index is -0.131. The van der Waals surface area contributed by atoms with E-state index < -0.39 is 0 Å². The number of ether oxygens (including phenoxy) is 1. The van der Waals surface area contributed by atoms with Gasteiger partial charge in [0.05, 0.1) is 9.75 Å². The first kappa shape index (κ1) is 15.1. The van der Waals surface area contributed by atoms with Crippen molar-refractivity contribution in [3.05, 3.63) is 28.5 Å². The molecule has 0 amide bonds. The molecule has 3 heteroatoms. The van der Waals surface area contributed by atoms with Gasteiger partial charge in [0.2, 0.25) is 0 Å². The number of fused-ring (bicyclic) bond motifs is 3. The molecule has 2 aromatic rings. The van der Waals surface area contributed by atoms with Gasteiger partial charge in [-0.15, -0.1) is 22.7 Å². The zero-order valence-corrected chi connectivity index (χ0v) is 14.6. The van der Waals surface area contributed by atoms with Gasteiger partial charge >= 0.3 is 0 Å². The number of hydrogen-bond donors (Lipinski definition) is 0. The summed E-state index contributed by atoms with van der Waals surface area (Å²) >= 11 is 3.65. The lowest BCUT2D eigenvalue weighted by Crippen LogP contribution is -2.31. The van der Waals surface area contributed by atoms with E-state index in [-0.39, 0.29) is 5.60 Å². The van der Waals surface area contributed by atoms with Crippen LogP contribution in [0.25, 0.3) is 9.75 Å². The van der Waals surface area contributed by atoms with Gasteiger partial charge in [-0.2, -0.15) is 0 Å². The fourth-order valence-electron chi connectivity index (χ4n) is 3.17. The van der Waals surface area contributed by atoms with Crippen molar-refractivity contribution in [3.63, 3.8) is 0 Å². The standard InChI is InChI=1S/C18H24OS2/c1-3-4-5-6-7-8-11-18(2)14-9-12-20-16(14)17-15(19-18)10-13-21-17/h9-10,12-13H,3-8,11H2,1-2H3. The molecule has 0 spiro atoms. The zero-order valence-electron chi connectivity index (χ0n) is 13.0. The Balaban J connectivity index is 1.66. The second-order valence-corrected chi connectivity index (χ2v) is 7.96. The van der Waals surface area contributed by atoms with Crippen LogP contribution >= 0.6 is 22.7 Å². The minimum absolute atomic E-state index is 0.131. The molecular formula is C18H24OS2. The highest BCUT2D eigenvalue weighted by atomic mass is 32.1. The molecule has 3 heterocycles. The smallest absolute Gasteiger partial charge is 0.140 e. The summed E-state index contributed by atoms with van der Waals surface area (Å²) in [6.07, 6.45) is 9.15. The van der Waals surface area contributed by atoms with E-state index in [1.54, 1.807) is 11.3 Å². The van der Waals surface area contributed by atoms with Gasteiger partial charge in [0.1, 0.15) is 11.4 Å². The number of thiophene rings is 2. The fourth-order valence-corrected chi connectivity index (χ4v) is 5.19. The Morgan fingerprint density at radius 2 is 1.67 bits per heavy atom. The van der Waals surface area contributed by atoms with Crippen LogP contribution in [0.4, 0.5) is 0 Å². The van der Waals surface area contributed by atoms with Crippen molar-refractivity contribution in [1.82, 2.24) is 0 Å². The van der Waals surface area contributed by atoms with E-state index in [4.69, 9.17) is 4.74 Å². The number of hydrogen-bond acceptors (Lipinski definition) is 3. The van der Waals surface area contributed by atoms with Gasteiger partial charge in [-0.3, -0.25) is 0 Å². The molecule has 1 aliphatic heterocycles. The molecule has 0 saturated carbocycles. The Morgan fingerprint density at radius 1 is 0.952 bits per heavy atom. The first-order valence-corrected chi connectivity index (χ1v) is 9.85. The first-order chi connectivity index (χ1) is 10.2. The van der Waals surface area contributed by atoms with Crippen molar-refractivity contribution in [2.45, 2.75) is 64.4 Å². The predicted octanol–water partition coefficient (Wildman–Crippen LogP) is 6.83. The lowest BCUT2D eigenvalue weighted by atomic mass is 9.88. The van der Waals surface area contributed by atoms with Crippen LogP contribution in [0.2, 0.25) is 0 Å². The number of unbranched alkanes of at least 4 members (excludes halogenated alkanes) is 5. The largest absolute Gasteiger partial charge is 0.481 e. The van der Waals surface area contributed by atoms with E-state index in [1.165, 1.54) is 53.8 Å². The van der Waals surface area contributed by atoms with Crippen LogP contribution in [-0.4, -0.2) is 0 Å². The first-order valence-electron chi connectivity index (χ1n) is 8.09. The molecule has 3 rings (SSSR count). The molecule has 0 aliphatic carbocycles. The zero-order chi connectivity index (χ0) is 14.7. The summed E-state index contributed by atoms with van der Waals surface area (Å²) in [4.78, 5) is 2.75. The van der Waals surface area contributed by atoms with Crippen LogP contribution in [0.15, 0.2) is 22.9 Å². The van der Waals surface area contributed by atoms with Crippen molar-refractivity contribution in [1.29, 1.82) is 0 Å². The topological polar surface area (TPSA) is 9.23 Å². The minimum Gasteiger partial charge on any atom is -0.481 e. The Labute approximate surface area is 136 Å². The summed E-state index contributed by atoms with van der Waals surface area (Å²) < 4.78 is 6.39. The molecule has 2 aromatic heterocycles. The van der Waals surface area contributed by atoms with Gasteiger partial charge in [0, 0.05) is 5.56 Å². The van der Waals surface area contributed by atoms with E-state index in [1.807, 2.05) is 11.3 Å².